The van der Waals surface area contributed by atoms with Crippen LogP contribution in [0, 0.1) is 22.9 Å². The zero-order chi connectivity index (χ0) is 13.8. The monoisotopic (exact) mass is 266 g/mol. The Bertz CT molecular complexity index is 586. The van der Waals surface area contributed by atoms with Crippen molar-refractivity contribution in [2.45, 2.75) is 13.3 Å². The molecule has 1 heterocycles. The van der Waals surface area contributed by atoms with Gasteiger partial charge in [-0.25, -0.2) is 4.39 Å². The zero-order valence-corrected chi connectivity index (χ0v) is 10.1. The molecule has 2 aromatic rings. The van der Waals surface area contributed by atoms with E-state index in [1.807, 2.05) is 0 Å². The quantitative estimate of drug-likeness (QED) is 0.657. The van der Waals surface area contributed by atoms with Crippen LogP contribution in [0.4, 0.5) is 15.8 Å². The third-order valence-corrected chi connectivity index (χ3v) is 2.53. The van der Waals surface area contributed by atoms with Gasteiger partial charge in [0.1, 0.15) is 11.5 Å². The van der Waals surface area contributed by atoms with Crippen molar-refractivity contribution in [2.24, 2.45) is 0 Å². The van der Waals surface area contributed by atoms with Crippen LogP contribution >= 0.6 is 0 Å². The molecule has 0 bridgehead atoms. The Hall–Kier alpha value is -2.51. The number of aromatic nitrogens is 2. The number of nitro benzene ring substituents is 1. The number of hydrogen-bond donors (Lipinski definition) is 1. The first-order chi connectivity index (χ1) is 9.08. The minimum absolute atomic E-state index is 0.267. The first kappa shape index (κ1) is 12.9. The third-order valence-electron chi connectivity index (χ3n) is 2.53. The Morgan fingerprint density at radius 1 is 1.53 bits per heavy atom. The van der Waals surface area contributed by atoms with E-state index in [2.05, 4.69) is 15.5 Å². The number of halogens is 1. The summed E-state index contributed by atoms with van der Waals surface area (Å²) in [5, 5.41) is 17.1. The fourth-order valence-corrected chi connectivity index (χ4v) is 1.57. The standard InChI is InChI=1S/C11H11FN4O3/c1-7-4-9(10(16(17)18)5-8(7)12)13-3-2-11-14-6-15-19-11/h4-6,13H,2-3H2,1H3. The molecule has 0 spiro atoms. The van der Waals surface area contributed by atoms with Gasteiger partial charge in [-0.05, 0) is 18.6 Å². The van der Waals surface area contributed by atoms with Crippen molar-refractivity contribution in [3.8, 4) is 0 Å². The van der Waals surface area contributed by atoms with Crippen LogP contribution in [0.15, 0.2) is 23.0 Å². The summed E-state index contributed by atoms with van der Waals surface area (Å²) in [5.74, 6) is -0.178. The maximum absolute atomic E-state index is 13.3. The van der Waals surface area contributed by atoms with Crippen molar-refractivity contribution in [1.82, 2.24) is 10.1 Å². The second-order valence-electron chi connectivity index (χ2n) is 3.89. The number of hydrogen-bond acceptors (Lipinski definition) is 6. The Morgan fingerprint density at radius 2 is 2.32 bits per heavy atom. The van der Waals surface area contributed by atoms with Crippen LogP contribution in [0.1, 0.15) is 11.5 Å². The van der Waals surface area contributed by atoms with Gasteiger partial charge in [0, 0.05) is 13.0 Å². The average molecular weight is 266 g/mol. The highest BCUT2D eigenvalue weighted by atomic mass is 19.1. The van der Waals surface area contributed by atoms with Crippen LogP contribution in [-0.2, 0) is 6.42 Å². The molecule has 0 unspecified atom stereocenters. The van der Waals surface area contributed by atoms with Crippen LogP contribution < -0.4 is 5.32 Å². The molecular formula is C11H11FN4O3. The lowest BCUT2D eigenvalue weighted by atomic mass is 10.1. The first-order valence-corrected chi connectivity index (χ1v) is 5.52. The maximum Gasteiger partial charge on any atom is 0.295 e. The van der Waals surface area contributed by atoms with E-state index >= 15 is 0 Å². The minimum Gasteiger partial charge on any atom is -0.379 e. The van der Waals surface area contributed by atoms with Crippen LogP contribution in [0.25, 0.3) is 0 Å². The molecule has 0 aliphatic heterocycles. The van der Waals surface area contributed by atoms with Gasteiger partial charge in [0.15, 0.2) is 6.33 Å². The maximum atomic E-state index is 13.3. The summed E-state index contributed by atoms with van der Waals surface area (Å²) in [4.78, 5) is 14.0. The normalized spacial score (nSPS) is 10.4. The van der Waals surface area contributed by atoms with Gasteiger partial charge in [0.05, 0.1) is 11.0 Å². The fraction of sp³-hybridized carbons (Fsp3) is 0.273. The fourth-order valence-electron chi connectivity index (χ4n) is 1.57. The molecule has 0 radical (unpaired) electrons. The largest absolute Gasteiger partial charge is 0.379 e. The highest BCUT2D eigenvalue weighted by Gasteiger charge is 2.16. The van der Waals surface area contributed by atoms with Crippen LogP contribution in [-0.4, -0.2) is 21.6 Å². The average Bonchev–Trinajstić information content (AvgIpc) is 2.86. The minimum atomic E-state index is -0.627. The van der Waals surface area contributed by atoms with Gasteiger partial charge in [-0.15, -0.1) is 0 Å². The molecule has 0 amide bonds. The summed E-state index contributed by atoms with van der Waals surface area (Å²) in [5.41, 5.74) is 0.308. The summed E-state index contributed by atoms with van der Waals surface area (Å²) in [6, 6.07) is 2.31. The second kappa shape index (κ2) is 5.42. The van der Waals surface area contributed by atoms with Gasteiger partial charge >= 0.3 is 0 Å². The first-order valence-electron chi connectivity index (χ1n) is 5.52. The third kappa shape index (κ3) is 3.03. The molecule has 8 heteroatoms. The van der Waals surface area contributed by atoms with Gasteiger partial charge in [-0.3, -0.25) is 10.1 Å². The summed E-state index contributed by atoms with van der Waals surface area (Å²) >= 11 is 0. The predicted octanol–water partition coefficient (Wildman–Crippen LogP) is 2.08. The molecule has 1 aromatic heterocycles. The molecule has 7 nitrogen and oxygen atoms in total. The van der Waals surface area contributed by atoms with Crippen molar-refractivity contribution in [3.05, 3.63) is 45.8 Å². The predicted molar refractivity (Wildman–Crippen MR) is 64.3 cm³/mol. The molecule has 0 aliphatic carbocycles. The SMILES string of the molecule is Cc1cc(NCCc2ncno2)c([N+](=O)[O-])cc1F. The number of rotatable bonds is 5. The van der Waals surface area contributed by atoms with Crippen molar-refractivity contribution in [2.75, 3.05) is 11.9 Å². The molecule has 1 aromatic carbocycles. The number of benzene rings is 1. The number of nitro groups is 1. The Labute approximate surface area is 107 Å². The summed E-state index contributed by atoms with van der Waals surface area (Å²) < 4.78 is 18.1. The van der Waals surface area contributed by atoms with E-state index in [9.17, 15) is 14.5 Å². The van der Waals surface area contributed by atoms with E-state index in [-0.39, 0.29) is 11.4 Å². The molecule has 2 rings (SSSR count). The molecule has 1 N–H and O–H groups in total. The molecule has 0 aliphatic rings. The number of anilines is 1. The van der Waals surface area contributed by atoms with E-state index < -0.39 is 10.7 Å². The lowest BCUT2D eigenvalue weighted by molar-refractivity contribution is -0.384. The van der Waals surface area contributed by atoms with E-state index in [0.29, 0.717) is 24.4 Å². The zero-order valence-electron chi connectivity index (χ0n) is 10.1. The Morgan fingerprint density at radius 3 is 2.95 bits per heavy atom. The lowest BCUT2D eigenvalue weighted by Gasteiger charge is -2.07. The van der Waals surface area contributed by atoms with E-state index in [4.69, 9.17) is 4.52 Å². The highest BCUT2D eigenvalue weighted by Crippen LogP contribution is 2.27. The van der Waals surface area contributed by atoms with E-state index in [1.165, 1.54) is 12.4 Å². The topological polar surface area (TPSA) is 94.1 Å². The van der Waals surface area contributed by atoms with Gasteiger partial charge < -0.3 is 9.84 Å². The van der Waals surface area contributed by atoms with Crippen LogP contribution in [0.2, 0.25) is 0 Å². The summed E-state index contributed by atoms with van der Waals surface area (Å²) in [6.45, 7) is 1.91. The van der Waals surface area contributed by atoms with Crippen LogP contribution in [0.5, 0.6) is 0 Å². The van der Waals surface area contributed by atoms with Gasteiger partial charge in [-0.1, -0.05) is 5.16 Å². The number of nitrogens with zero attached hydrogens (tertiary/aromatic N) is 3. The molecule has 0 saturated heterocycles. The smallest absolute Gasteiger partial charge is 0.295 e. The number of aryl methyl sites for hydroxylation is 1. The van der Waals surface area contributed by atoms with Crippen molar-refractivity contribution in [1.29, 1.82) is 0 Å². The van der Waals surface area contributed by atoms with E-state index in [1.54, 1.807) is 6.92 Å². The highest BCUT2D eigenvalue weighted by molar-refractivity contribution is 5.63. The summed E-state index contributed by atoms with van der Waals surface area (Å²) in [6.07, 6.45) is 1.70. The van der Waals surface area contributed by atoms with Crippen molar-refractivity contribution in [3.63, 3.8) is 0 Å². The molecule has 100 valence electrons. The van der Waals surface area contributed by atoms with E-state index in [0.717, 1.165) is 6.07 Å². The lowest BCUT2D eigenvalue weighted by Crippen LogP contribution is -2.08. The van der Waals surface area contributed by atoms with Gasteiger partial charge in [-0.2, -0.15) is 4.98 Å². The van der Waals surface area contributed by atoms with Crippen molar-refractivity contribution < 1.29 is 13.8 Å². The van der Waals surface area contributed by atoms with Gasteiger partial charge in [0.2, 0.25) is 5.89 Å². The van der Waals surface area contributed by atoms with Gasteiger partial charge in [0.25, 0.3) is 5.69 Å². The Kier molecular flexibility index (Phi) is 3.69. The summed E-state index contributed by atoms with van der Waals surface area (Å²) in [7, 11) is 0. The molecule has 0 atom stereocenters. The molecule has 19 heavy (non-hydrogen) atoms. The van der Waals surface area contributed by atoms with Crippen molar-refractivity contribution >= 4 is 11.4 Å². The number of nitrogens with one attached hydrogen (secondary N) is 1. The molecule has 0 fully saturated rings. The Balaban J connectivity index is 2.10. The van der Waals surface area contributed by atoms with Crippen LogP contribution in [0.3, 0.4) is 0 Å². The molecule has 0 saturated carbocycles. The second-order valence-corrected chi connectivity index (χ2v) is 3.89. The molecular weight excluding hydrogens is 255 g/mol.